The topological polar surface area (TPSA) is 63.6 Å². The third kappa shape index (κ3) is 32.1. The molecule has 0 aromatic carbocycles. The summed E-state index contributed by atoms with van der Waals surface area (Å²) in [5.41, 5.74) is 0. The highest BCUT2D eigenvalue weighted by molar-refractivity contribution is 5.66. The lowest BCUT2D eigenvalue weighted by atomic mass is 10.1. The van der Waals surface area contributed by atoms with E-state index in [-0.39, 0.29) is 5.97 Å². The first-order valence-electron chi connectivity index (χ1n) is 11.2. The molecular formula is C24H44O4. The fourth-order valence-corrected chi connectivity index (χ4v) is 2.41. The molecule has 0 saturated carbocycles. The molecule has 0 bridgehead atoms. The third-order valence-corrected chi connectivity index (χ3v) is 4.11. The van der Waals surface area contributed by atoms with E-state index in [1.54, 1.807) is 0 Å². The number of rotatable bonds is 17. The first kappa shape index (κ1) is 28.6. The minimum atomic E-state index is -0.677. The molecule has 4 heteroatoms. The van der Waals surface area contributed by atoms with Crippen molar-refractivity contribution < 1.29 is 19.4 Å². The van der Waals surface area contributed by atoms with Gasteiger partial charge in [0.1, 0.15) is 0 Å². The van der Waals surface area contributed by atoms with E-state index < -0.39 is 5.97 Å². The predicted octanol–water partition coefficient (Wildman–Crippen LogP) is 7.23. The zero-order chi connectivity index (χ0) is 21.3. The fraction of sp³-hybridized carbons (Fsp3) is 0.750. The van der Waals surface area contributed by atoms with Crippen LogP contribution in [0.2, 0.25) is 0 Å². The summed E-state index contributed by atoms with van der Waals surface area (Å²) in [4.78, 5) is 20.6. The molecular weight excluding hydrogens is 352 g/mol. The number of ether oxygens (including phenoxy) is 1. The molecule has 0 spiro atoms. The normalized spacial score (nSPS) is 10.8. The number of aliphatic carboxylic acids is 1. The largest absolute Gasteiger partial charge is 0.481 e. The lowest BCUT2D eigenvalue weighted by Gasteiger charge is -1.99. The molecule has 0 saturated heterocycles. The Morgan fingerprint density at radius 2 is 1.18 bits per heavy atom. The van der Waals surface area contributed by atoms with E-state index in [9.17, 15) is 9.59 Å². The number of carboxylic acid groups (broad SMARTS) is 1. The Morgan fingerprint density at radius 1 is 0.714 bits per heavy atom. The van der Waals surface area contributed by atoms with Crippen LogP contribution in [0.25, 0.3) is 0 Å². The van der Waals surface area contributed by atoms with Gasteiger partial charge in [0.15, 0.2) is 0 Å². The average Bonchev–Trinajstić information content (AvgIpc) is 2.65. The van der Waals surface area contributed by atoms with Gasteiger partial charge >= 0.3 is 11.9 Å². The van der Waals surface area contributed by atoms with Gasteiger partial charge in [0.25, 0.3) is 0 Å². The van der Waals surface area contributed by atoms with Crippen LogP contribution in [-0.4, -0.2) is 23.7 Å². The monoisotopic (exact) mass is 396 g/mol. The maximum absolute atomic E-state index is 10.4. The lowest BCUT2D eigenvalue weighted by molar-refractivity contribution is -0.141. The van der Waals surface area contributed by atoms with Crippen molar-refractivity contribution in [2.45, 2.75) is 111 Å². The van der Waals surface area contributed by atoms with Crippen molar-refractivity contribution in [3.63, 3.8) is 0 Å². The minimum absolute atomic E-state index is 0.177. The van der Waals surface area contributed by atoms with Gasteiger partial charge in [0.05, 0.1) is 6.61 Å². The number of unbranched alkanes of at least 4 members (excludes halogenated alkanes) is 9. The first-order chi connectivity index (χ1) is 13.5. The molecule has 0 aromatic rings. The van der Waals surface area contributed by atoms with Crippen molar-refractivity contribution in [2.75, 3.05) is 6.61 Å². The van der Waals surface area contributed by atoms with Gasteiger partial charge in [-0.15, -0.1) is 0 Å². The molecule has 1 N–H and O–H groups in total. The van der Waals surface area contributed by atoms with Crippen LogP contribution in [0.4, 0.5) is 0 Å². The number of carboxylic acids is 1. The highest BCUT2D eigenvalue weighted by Gasteiger charge is 1.94. The quantitative estimate of drug-likeness (QED) is 0.160. The third-order valence-electron chi connectivity index (χ3n) is 4.11. The zero-order valence-electron chi connectivity index (χ0n) is 18.6. The van der Waals surface area contributed by atoms with Gasteiger partial charge in [0.2, 0.25) is 0 Å². The molecule has 28 heavy (non-hydrogen) atoms. The van der Waals surface area contributed by atoms with E-state index >= 15 is 0 Å². The lowest BCUT2D eigenvalue weighted by Crippen LogP contribution is -1.99. The van der Waals surface area contributed by atoms with Crippen molar-refractivity contribution in [1.29, 1.82) is 0 Å². The van der Waals surface area contributed by atoms with Crippen LogP contribution in [0, 0.1) is 0 Å². The zero-order valence-corrected chi connectivity index (χ0v) is 18.6. The second-order valence-electron chi connectivity index (χ2n) is 7.06. The highest BCUT2D eigenvalue weighted by Crippen LogP contribution is 2.05. The number of hydrogen-bond donors (Lipinski definition) is 1. The maximum Gasteiger partial charge on any atom is 0.303 e. The fourth-order valence-electron chi connectivity index (χ4n) is 2.41. The summed E-state index contributed by atoms with van der Waals surface area (Å²) in [6, 6.07) is 0. The van der Waals surface area contributed by atoms with E-state index in [1.165, 1.54) is 45.4 Å². The van der Waals surface area contributed by atoms with Gasteiger partial charge in [-0.2, -0.15) is 0 Å². The molecule has 0 aliphatic heterocycles. The van der Waals surface area contributed by atoms with Gasteiger partial charge in [0, 0.05) is 13.3 Å². The van der Waals surface area contributed by atoms with Crippen LogP contribution in [0.3, 0.4) is 0 Å². The molecule has 0 atom stereocenters. The van der Waals surface area contributed by atoms with E-state index in [0.29, 0.717) is 13.0 Å². The summed E-state index contributed by atoms with van der Waals surface area (Å²) >= 11 is 0. The van der Waals surface area contributed by atoms with E-state index in [0.717, 1.165) is 44.9 Å². The Bertz CT molecular complexity index is 361. The van der Waals surface area contributed by atoms with Crippen molar-refractivity contribution >= 4 is 11.9 Å². The molecule has 0 unspecified atom stereocenters. The molecule has 0 aliphatic carbocycles. The van der Waals surface area contributed by atoms with Crippen LogP contribution in [-0.2, 0) is 14.3 Å². The molecule has 164 valence electrons. The molecule has 0 aliphatic rings. The van der Waals surface area contributed by atoms with Gasteiger partial charge in [-0.3, -0.25) is 9.59 Å². The van der Waals surface area contributed by atoms with E-state index in [4.69, 9.17) is 9.84 Å². The standard InChI is InChI=1S/2C12H22O2/c1-3-4-5-6-7-8-9-10-11-14-12(2)13;1-2-3-4-5-6-7-8-9-10-11-12(13)14/h6-7H,3-5,8-11H2,1-2H3;5-6H,2-4,7-11H2,1H3,(H,13,14)/b7-6+;6-5+. The number of esters is 1. The van der Waals surface area contributed by atoms with E-state index in [2.05, 4.69) is 38.2 Å². The summed E-state index contributed by atoms with van der Waals surface area (Å²) < 4.78 is 4.82. The van der Waals surface area contributed by atoms with Gasteiger partial charge in [-0.25, -0.2) is 0 Å². The predicted molar refractivity (Wildman–Crippen MR) is 119 cm³/mol. The smallest absolute Gasteiger partial charge is 0.303 e. The summed E-state index contributed by atoms with van der Waals surface area (Å²) in [7, 11) is 0. The highest BCUT2D eigenvalue weighted by atomic mass is 16.5. The van der Waals surface area contributed by atoms with Gasteiger partial charge in [-0.1, -0.05) is 70.3 Å². The molecule has 0 heterocycles. The Morgan fingerprint density at radius 3 is 1.61 bits per heavy atom. The van der Waals surface area contributed by atoms with E-state index in [1.807, 2.05) is 0 Å². The van der Waals surface area contributed by atoms with Crippen LogP contribution in [0.5, 0.6) is 0 Å². The Balaban J connectivity index is 0. The molecule has 4 nitrogen and oxygen atoms in total. The molecule has 0 amide bonds. The second-order valence-corrected chi connectivity index (χ2v) is 7.06. The minimum Gasteiger partial charge on any atom is -0.481 e. The van der Waals surface area contributed by atoms with Crippen molar-refractivity contribution in [3.8, 4) is 0 Å². The van der Waals surface area contributed by atoms with Crippen LogP contribution in [0.15, 0.2) is 24.3 Å². The number of hydrogen-bond acceptors (Lipinski definition) is 3. The molecule has 0 aromatic heterocycles. The first-order valence-corrected chi connectivity index (χ1v) is 11.2. The number of allylic oxidation sites excluding steroid dienone is 4. The SMILES string of the molecule is CCCC/C=C/CCCCCC(=O)O.CCCC/C=C/CCCCOC(C)=O. The van der Waals surface area contributed by atoms with Crippen LogP contribution >= 0.6 is 0 Å². The second kappa shape index (κ2) is 25.4. The van der Waals surface area contributed by atoms with Gasteiger partial charge in [-0.05, 0) is 51.4 Å². The number of carbonyl (C=O) groups is 2. The Hall–Kier alpha value is -1.58. The Labute approximate surface area is 173 Å². The summed E-state index contributed by atoms with van der Waals surface area (Å²) in [5.74, 6) is -0.855. The number of carbonyl (C=O) groups excluding carboxylic acids is 1. The summed E-state index contributed by atoms with van der Waals surface area (Å²) in [6.07, 6.45) is 23.9. The average molecular weight is 397 g/mol. The van der Waals surface area contributed by atoms with Gasteiger partial charge < -0.3 is 9.84 Å². The molecule has 0 radical (unpaired) electrons. The van der Waals surface area contributed by atoms with Crippen LogP contribution in [0.1, 0.15) is 111 Å². The van der Waals surface area contributed by atoms with Crippen LogP contribution < -0.4 is 0 Å². The molecule has 0 rings (SSSR count). The summed E-state index contributed by atoms with van der Waals surface area (Å²) in [5, 5.41) is 8.40. The maximum atomic E-state index is 10.4. The molecule has 0 fully saturated rings. The van der Waals surface area contributed by atoms with Crippen molar-refractivity contribution in [1.82, 2.24) is 0 Å². The summed E-state index contributed by atoms with van der Waals surface area (Å²) in [6.45, 7) is 6.41. The Kier molecular flexibility index (Phi) is 26.0. The van der Waals surface area contributed by atoms with Crippen molar-refractivity contribution in [3.05, 3.63) is 24.3 Å². The van der Waals surface area contributed by atoms with Crippen molar-refractivity contribution in [2.24, 2.45) is 0 Å².